The highest BCUT2D eigenvalue weighted by molar-refractivity contribution is 9.13. The van der Waals surface area contributed by atoms with E-state index in [1.807, 2.05) is 6.07 Å². The molecule has 2 aromatic rings. The summed E-state index contributed by atoms with van der Waals surface area (Å²) in [6, 6.07) is 3.15. The Balaban J connectivity index is 1.79. The topological polar surface area (TPSA) is 102 Å². The minimum Gasteiger partial charge on any atom is -0.358 e. The standard InChI is InChI=1S/C11H9Br2N5O3S/c12-8-5-7(22-11(8)13)6-14-15-10(19)2-4-17-3-1-9(16-17)18(20)21/h1,3,5-6H,2,4H2,(H,15,19)/b14-6+. The first kappa shape index (κ1) is 16.8. The first-order chi connectivity index (χ1) is 10.5. The summed E-state index contributed by atoms with van der Waals surface area (Å²) in [5.74, 6) is -0.545. The molecule has 0 unspecified atom stereocenters. The van der Waals surface area contributed by atoms with Crippen molar-refractivity contribution in [3.8, 4) is 0 Å². The number of aryl methyl sites for hydroxylation is 1. The lowest BCUT2D eigenvalue weighted by Gasteiger charge is -1.97. The first-order valence-corrected chi connectivity index (χ1v) is 8.30. The molecular formula is C11H9Br2N5O3S. The molecule has 0 aromatic carbocycles. The van der Waals surface area contributed by atoms with Crippen LogP contribution in [0.25, 0.3) is 0 Å². The quantitative estimate of drug-likeness (QED) is 0.415. The van der Waals surface area contributed by atoms with Gasteiger partial charge in [-0.05, 0) is 42.8 Å². The van der Waals surface area contributed by atoms with Crippen molar-refractivity contribution in [1.29, 1.82) is 0 Å². The van der Waals surface area contributed by atoms with E-state index in [0.29, 0.717) is 0 Å². The van der Waals surface area contributed by atoms with Crippen LogP contribution in [0.3, 0.4) is 0 Å². The fourth-order valence-corrected chi connectivity index (χ4v) is 3.40. The summed E-state index contributed by atoms with van der Waals surface area (Å²) in [4.78, 5) is 22.4. The second-order valence-corrected chi connectivity index (χ2v) is 7.26. The minimum absolute atomic E-state index is 0.119. The van der Waals surface area contributed by atoms with E-state index in [0.717, 1.165) is 13.1 Å². The van der Waals surface area contributed by atoms with Crippen molar-refractivity contribution in [2.75, 3.05) is 0 Å². The maximum Gasteiger partial charge on any atom is 0.389 e. The van der Waals surface area contributed by atoms with Crippen molar-refractivity contribution in [1.82, 2.24) is 15.2 Å². The Labute approximate surface area is 145 Å². The van der Waals surface area contributed by atoms with Gasteiger partial charge < -0.3 is 10.1 Å². The van der Waals surface area contributed by atoms with Gasteiger partial charge in [0.2, 0.25) is 5.91 Å². The number of nitro groups is 1. The molecule has 2 heterocycles. The predicted molar refractivity (Wildman–Crippen MR) is 89.0 cm³/mol. The van der Waals surface area contributed by atoms with Crippen LogP contribution < -0.4 is 5.43 Å². The van der Waals surface area contributed by atoms with Gasteiger partial charge in [-0.2, -0.15) is 9.78 Å². The number of hydrogen-bond acceptors (Lipinski definition) is 6. The zero-order valence-corrected chi connectivity index (χ0v) is 14.9. The number of amides is 1. The highest BCUT2D eigenvalue weighted by Gasteiger charge is 2.11. The molecule has 116 valence electrons. The maximum absolute atomic E-state index is 11.6. The summed E-state index contributed by atoms with van der Waals surface area (Å²) in [6.45, 7) is 0.241. The number of carbonyl (C=O) groups excluding carboxylic acids is 1. The van der Waals surface area contributed by atoms with E-state index in [1.165, 1.54) is 34.5 Å². The van der Waals surface area contributed by atoms with E-state index in [1.54, 1.807) is 0 Å². The zero-order chi connectivity index (χ0) is 16.1. The number of nitrogens with zero attached hydrogens (tertiary/aromatic N) is 4. The molecule has 0 aliphatic heterocycles. The average Bonchev–Trinajstić information content (AvgIpc) is 3.04. The molecule has 11 heteroatoms. The molecule has 0 aliphatic rings. The van der Waals surface area contributed by atoms with Gasteiger partial charge in [-0.3, -0.25) is 4.79 Å². The Morgan fingerprint density at radius 2 is 2.36 bits per heavy atom. The lowest BCUT2D eigenvalue weighted by molar-refractivity contribution is -0.389. The third kappa shape index (κ3) is 4.71. The highest BCUT2D eigenvalue weighted by Crippen LogP contribution is 2.31. The number of aromatic nitrogens is 2. The zero-order valence-electron chi connectivity index (χ0n) is 10.9. The van der Waals surface area contributed by atoms with Gasteiger partial charge >= 0.3 is 5.82 Å². The number of halogens is 2. The number of nitrogens with one attached hydrogen (secondary N) is 1. The van der Waals surface area contributed by atoms with E-state index in [4.69, 9.17) is 0 Å². The Morgan fingerprint density at radius 3 is 2.95 bits per heavy atom. The molecule has 0 aliphatic carbocycles. The summed E-state index contributed by atoms with van der Waals surface area (Å²) in [5, 5.41) is 18.0. The summed E-state index contributed by atoms with van der Waals surface area (Å²) in [6.07, 6.45) is 3.11. The van der Waals surface area contributed by atoms with Crippen molar-refractivity contribution in [3.05, 3.63) is 41.6 Å². The molecule has 8 nitrogen and oxygen atoms in total. The summed E-state index contributed by atoms with van der Waals surface area (Å²) < 4.78 is 3.21. The van der Waals surface area contributed by atoms with Gasteiger partial charge in [0.25, 0.3) is 0 Å². The molecule has 0 atom stereocenters. The molecule has 2 aromatic heterocycles. The van der Waals surface area contributed by atoms with Crippen LogP contribution in [0, 0.1) is 10.1 Å². The molecule has 2 rings (SSSR count). The third-order valence-electron chi connectivity index (χ3n) is 2.43. The van der Waals surface area contributed by atoms with Gasteiger partial charge in [-0.15, -0.1) is 11.3 Å². The van der Waals surface area contributed by atoms with Gasteiger partial charge in [0, 0.05) is 15.8 Å². The van der Waals surface area contributed by atoms with Crippen LogP contribution in [0.15, 0.2) is 31.7 Å². The van der Waals surface area contributed by atoms with Crippen LogP contribution in [0.5, 0.6) is 0 Å². The third-order valence-corrected chi connectivity index (χ3v) is 5.62. The van der Waals surface area contributed by atoms with E-state index in [2.05, 4.69) is 47.5 Å². The Bertz CT molecular complexity index is 708. The number of rotatable bonds is 6. The number of hydrogen-bond donors (Lipinski definition) is 1. The number of carbonyl (C=O) groups is 1. The van der Waals surface area contributed by atoms with Crippen molar-refractivity contribution in [2.24, 2.45) is 5.10 Å². The summed E-state index contributed by atoms with van der Waals surface area (Å²) in [7, 11) is 0. The van der Waals surface area contributed by atoms with E-state index < -0.39 is 4.92 Å². The van der Waals surface area contributed by atoms with Crippen LogP contribution in [0.1, 0.15) is 11.3 Å². The van der Waals surface area contributed by atoms with Crippen molar-refractivity contribution in [2.45, 2.75) is 13.0 Å². The SMILES string of the molecule is O=C(CCn1ccc([N+](=O)[O-])n1)N/N=C/c1cc(Br)c(Br)s1. The molecule has 0 saturated heterocycles. The summed E-state index contributed by atoms with van der Waals surface area (Å²) >= 11 is 8.19. The van der Waals surface area contributed by atoms with Gasteiger partial charge in [0.05, 0.1) is 33.9 Å². The molecule has 1 N–H and O–H groups in total. The molecule has 0 radical (unpaired) electrons. The van der Waals surface area contributed by atoms with Crippen LogP contribution in [-0.4, -0.2) is 26.8 Å². The van der Waals surface area contributed by atoms with Crippen molar-refractivity contribution < 1.29 is 9.72 Å². The molecule has 0 spiro atoms. The molecule has 0 bridgehead atoms. The Kier molecular flexibility index (Phi) is 5.80. The van der Waals surface area contributed by atoms with Crippen LogP contribution in [0.4, 0.5) is 5.82 Å². The minimum atomic E-state index is -0.585. The number of hydrazone groups is 1. The van der Waals surface area contributed by atoms with Gasteiger partial charge in [-0.1, -0.05) is 0 Å². The van der Waals surface area contributed by atoms with Gasteiger partial charge in [0.1, 0.15) is 0 Å². The van der Waals surface area contributed by atoms with E-state index in [9.17, 15) is 14.9 Å². The fraction of sp³-hybridized carbons (Fsp3) is 0.182. The lowest BCUT2D eigenvalue weighted by atomic mass is 10.4. The molecule has 1 amide bonds. The summed E-state index contributed by atoms with van der Waals surface area (Å²) in [5.41, 5.74) is 2.39. The predicted octanol–water partition coefficient (Wildman–Crippen LogP) is 2.92. The lowest BCUT2D eigenvalue weighted by Crippen LogP contribution is -2.19. The van der Waals surface area contributed by atoms with Crippen LogP contribution in [0.2, 0.25) is 0 Å². The number of thiophene rings is 1. The van der Waals surface area contributed by atoms with Crippen LogP contribution >= 0.6 is 43.2 Å². The van der Waals surface area contributed by atoms with Gasteiger partial charge in [-0.25, -0.2) is 5.43 Å². The second-order valence-electron chi connectivity index (χ2n) is 4.01. The van der Waals surface area contributed by atoms with Crippen molar-refractivity contribution in [3.63, 3.8) is 0 Å². The fourth-order valence-electron chi connectivity index (χ4n) is 1.44. The monoisotopic (exact) mass is 449 g/mol. The highest BCUT2D eigenvalue weighted by atomic mass is 79.9. The van der Waals surface area contributed by atoms with Crippen LogP contribution in [-0.2, 0) is 11.3 Å². The molecule has 0 saturated carbocycles. The Morgan fingerprint density at radius 1 is 1.59 bits per heavy atom. The molecular weight excluding hydrogens is 442 g/mol. The van der Waals surface area contributed by atoms with E-state index >= 15 is 0 Å². The second kappa shape index (κ2) is 7.61. The molecule has 22 heavy (non-hydrogen) atoms. The smallest absolute Gasteiger partial charge is 0.358 e. The Hall–Kier alpha value is -1.59. The first-order valence-electron chi connectivity index (χ1n) is 5.90. The average molecular weight is 451 g/mol. The molecule has 0 fully saturated rings. The van der Waals surface area contributed by atoms with Gasteiger partial charge in [0.15, 0.2) is 0 Å². The normalized spacial score (nSPS) is 11.0. The maximum atomic E-state index is 11.6. The van der Waals surface area contributed by atoms with E-state index in [-0.39, 0.29) is 24.7 Å². The largest absolute Gasteiger partial charge is 0.389 e. The van der Waals surface area contributed by atoms with Crippen molar-refractivity contribution >= 4 is 61.1 Å².